The SMILES string of the molecule is CC(O)C1CCN(S(=O)(=O)c2ccc(Cl)cc2F)C1. The molecule has 0 aromatic heterocycles. The van der Waals surface area contributed by atoms with Crippen LogP contribution in [0.2, 0.25) is 5.02 Å². The van der Waals surface area contributed by atoms with Crippen molar-refractivity contribution in [2.75, 3.05) is 13.1 Å². The second-order valence-electron chi connectivity index (χ2n) is 4.73. The summed E-state index contributed by atoms with van der Waals surface area (Å²) in [7, 11) is -3.86. The summed E-state index contributed by atoms with van der Waals surface area (Å²) in [5.74, 6) is -0.960. The molecule has 1 saturated heterocycles. The lowest BCUT2D eigenvalue weighted by molar-refractivity contribution is 0.133. The normalized spacial score (nSPS) is 22.6. The maximum absolute atomic E-state index is 13.7. The topological polar surface area (TPSA) is 57.6 Å². The van der Waals surface area contributed by atoms with Gasteiger partial charge in [-0.1, -0.05) is 11.6 Å². The molecule has 0 amide bonds. The summed E-state index contributed by atoms with van der Waals surface area (Å²) >= 11 is 5.61. The highest BCUT2D eigenvalue weighted by atomic mass is 35.5. The second-order valence-corrected chi connectivity index (χ2v) is 7.07. The Kier molecular flexibility index (Phi) is 4.15. The van der Waals surface area contributed by atoms with E-state index in [9.17, 15) is 17.9 Å². The summed E-state index contributed by atoms with van der Waals surface area (Å²) < 4.78 is 39.5. The Hall–Kier alpha value is -0.690. The predicted molar refractivity (Wildman–Crippen MR) is 70.0 cm³/mol. The van der Waals surface area contributed by atoms with Gasteiger partial charge in [-0.15, -0.1) is 0 Å². The molecule has 1 aliphatic rings. The molecule has 0 radical (unpaired) electrons. The highest BCUT2D eigenvalue weighted by Crippen LogP contribution is 2.28. The quantitative estimate of drug-likeness (QED) is 0.927. The van der Waals surface area contributed by atoms with Crippen molar-refractivity contribution in [3.05, 3.63) is 29.0 Å². The summed E-state index contributed by atoms with van der Waals surface area (Å²) in [6.45, 7) is 2.13. The molecule has 4 nitrogen and oxygen atoms in total. The standard InChI is InChI=1S/C12H15ClFNO3S/c1-8(16)9-4-5-15(7-9)19(17,18)12-3-2-10(13)6-11(12)14/h2-3,6,8-9,16H,4-5,7H2,1H3. The number of benzene rings is 1. The van der Waals surface area contributed by atoms with E-state index in [0.29, 0.717) is 13.0 Å². The maximum atomic E-state index is 13.7. The van der Waals surface area contributed by atoms with Crippen molar-refractivity contribution in [1.82, 2.24) is 4.31 Å². The van der Waals surface area contributed by atoms with Gasteiger partial charge in [0.2, 0.25) is 10.0 Å². The first-order valence-corrected chi connectivity index (χ1v) is 7.77. The molecule has 1 aromatic rings. The second kappa shape index (κ2) is 5.36. The molecule has 1 aliphatic heterocycles. The molecule has 2 rings (SSSR count). The van der Waals surface area contributed by atoms with Gasteiger partial charge in [0, 0.05) is 18.1 Å². The summed E-state index contributed by atoms with van der Waals surface area (Å²) in [5.41, 5.74) is 0. The molecule has 19 heavy (non-hydrogen) atoms. The smallest absolute Gasteiger partial charge is 0.245 e. The molecule has 1 aromatic carbocycles. The van der Waals surface area contributed by atoms with Gasteiger partial charge in [-0.25, -0.2) is 12.8 Å². The van der Waals surface area contributed by atoms with E-state index >= 15 is 0 Å². The van der Waals surface area contributed by atoms with E-state index in [2.05, 4.69) is 0 Å². The van der Waals surface area contributed by atoms with E-state index in [1.165, 1.54) is 16.4 Å². The Bertz CT molecular complexity index is 576. The van der Waals surface area contributed by atoms with Crippen LogP contribution in [0.3, 0.4) is 0 Å². The zero-order valence-electron chi connectivity index (χ0n) is 10.4. The van der Waals surface area contributed by atoms with Gasteiger partial charge < -0.3 is 5.11 Å². The fourth-order valence-corrected chi connectivity index (χ4v) is 3.91. The van der Waals surface area contributed by atoms with Crippen LogP contribution in [0.1, 0.15) is 13.3 Å². The fourth-order valence-electron chi connectivity index (χ4n) is 2.19. The van der Waals surface area contributed by atoms with Gasteiger partial charge in [-0.2, -0.15) is 4.31 Å². The van der Waals surface area contributed by atoms with Crippen molar-refractivity contribution in [3.63, 3.8) is 0 Å². The molecule has 1 heterocycles. The molecule has 0 saturated carbocycles. The third-order valence-corrected chi connectivity index (χ3v) is 5.51. The van der Waals surface area contributed by atoms with E-state index in [4.69, 9.17) is 11.6 Å². The van der Waals surface area contributed by atoms with Gasteiger partial charge in [0.15, 0.2) is 0 Å². The van der Waals surface area contributed by atoms with Crippen molar-refractivity contribution in [2.24, 2.45) is 5.92 Å². The number of hydrogen-bond acceptors (Lipinski definition) is 3. The Morgan fingerprint density at radius 1 is 1.53 bits per heavy atom. The number of sulfonamides is 1. The minimum absolute atomic E-state index is 0.106. The Morgan fingerprint density at radius 3 is 2.74 bits per heavy atom. The molecular formula is C12H15ClFNO3S. The number of rotatable bonds is 3. The Labute approximate surface area is 116 Å². The average Bonchev–Trinajstić information content (AvgIpc) is 2.78. The average molecular weight is 308 g/mol. The lowest BCUT2D eigenvalue weighted by Gasteiger charge is -2.18. The minimum atomic E-state index is -3.86. The molecule has 7 heteroatoms. The summed E-state index contributed by atoms with van der Waals surface area (Å²) in [4.78, 5) is -0.372. The van der Waals surface area contributed by atoms with Crippen molar-refractivity contribution in [1.29, 1.82) is 0 Å². The van der Waals surface area contributed by atoms with Crippen molar-refractivity contribution in [3.8, 4) is 0 Å². The van der Waals surface area contributed by atoms with Gasteiger partial charge in [-0.3, -0.25) is 0 Å². The number of aliphatic hydroxyl groups excluding tert-OH is 1. The zero-order valence-corrected chi connectivity index (χ0v) is 12.0. The third kappa shape index (κ3) is 2.91. The van der Waals surface area contributed by atoms with Crippen molar-refractivity contribution < 1.29 is 17.9 Å². The molecule has 2 atom stereocenters. The Morgan fingerprint density at radius 2 is 2.21 bits per heavy atom. The maximum Gasteiger partial charge on any atom is 0.245 e. The highest BCUT2D eigenvalue weighted by molar-refractivity contribution is 7.89. The van der Waals surface area contributed by atoms with E-state index in [1.54, 1.807) is 6.92 Å². The lowest BCUT2D eigenvalue weighted by Crippen LogP contribution is -2.31. The molecule has 2 unspecified atom stereocenters. The number of aliphatic hydroxyl groups is 1. The van der Waals surface area contributed by atoms with E-state index in [0.717, 1.165) is 6.07 Å². The van der Waals surface area contributed by atoms with E-state index < -0.39 is 21.9 Å². The van der Waals surface area contributed by atoms with Crippen molar-refractivity contribution >= 4 is 21.6 Å². The predicted octanol–water partition coefficient (Wildman–Crippen LogP) is 1.87. The van der Waals surface area contributed by atoms with Crippen molar-refractivity contribution in [2.45, 2.75) is 24.3 Å². The molecule has 1 N–H and O–H groups in total. The van der Waals surface area contributed by atoms with Crippen LogP contribution in [0, 0.1) is 11.7 Å². The van der Waals surface area contributed by atoms with Crippen LogP contribution in [-0.2, 0) is 10.0 Å². The van der Waals surface area contributed by atoms with Crippen LogP contribution < -0.4 is 0 Å². The van der Waals surface area contributed by atoms with Crippen LogP contribution in [0.15, 0.2) is 23.1 Å². The molecule has 0 spiro atoms. The van der Waals surface area contributed by atoms with Gasteiger partial charge in [0.05, 0.1) is 6.10 Å². The van der Waals surface area contributed by atoms with E-state index in [-0.39, 0.29) is 22.4 Å². The zero-order chi connectivity index (χ0) is 14.2. The summed E-state index contributed by atoms with van der Waals surface area (Å²) in [5, 5.41) is 9.64. The van der Waals surface area contributed by atoms with Crippen LogP contribution in [0.4, 0.5) is 4.39 Å². The molecule has 0 aliphatic carbocycles. The number of hydrogen-bond donors (Lipinski definition) is 1. The number of nitrogens with zero attached hydrogens (tertiary/aromatic N) is 1. The summed E-state index contributed by atoms with van der Waals surface area (Å²) in [6.07, 6.45) is 0.00167. The Balaban J connectivity index is 2.29. The fraction of sp³-hybridized carbons (Fsp3) is 0.500. The molecular weight excluding hydrogens is 293 g/mol. The monoisotopic (exact) mass is 307 g/mol. The van der Waals surface area contributed by atoms with E-state index in [1.807, 2.05) is 0 Å². The first-order valence-electron chi connectivity index (χ1n) is 5.95. The molecule has 106 valence electrons. The summed E-state index contributed by atoms with van der Waals surface area (Å²) in [6, 6.07) is 3.50. The van der Waals surface area contributed by atoms with Crippen LogP contribution in [0.25, 0.3) is 0 Å². The van der Waals surface area contributed by atoms with Gasteiger partial charge in [-0.05, 0) is 37.5 Å². The third-order valence-electron chi connectivity index (χ3n) is 3.38. The highest BCUT2D eigenvalue weighted by Gasteiger charge is 2.35. The minimum Gasteiger partial charge on any atom is -0.393 e. The van der Waals surface area contributed by atoms with Crippen LogP contribution in [0.5, 0.6) is 0 Å². The molecule has 1 fully saturated rings. The van der Waals surface area contributed by atoms with Crippen LogP contribution >= 0.6 is 11.6 Å². The van der Waals surface area contributed by atoms with Gasteiger partial charge in [0.1, 0.15) is 10.7 Å². The first kappa shape index (κ1) is 14.7. The number of halogens is 2. The van der Waals surface area contributed by atoms with Crippen LogP contribution in [-0.4, -0.2) is 37.0 Å². The lowest BCUT2D eigenvalue weighted by atomic mass is 10.0. The van der Waals surface area contributed by atoms with Gasteiger partial charge in [0.25, 0.3) is 0 Å². The largest absolute Gasteiger partial charge is 0.393 e. The molecule has 0 bridgehead atoms. The first-order chi connectivity index (χ1) is 8.82. The van der Waals surface area contributed by atoms with Gasteiger partial charge >= 0.3 is 0 Å².